The van der Waals surface area contributed by atoms with Crippen LogP contribution in [0.2, 0.25) is 0 Å². The van der Waals surface area contributed by atoms with Crippen molar-refractivity contribution >= 4 is 17.6 Å². The number of nitrogens with zero attached hydrogens (tertiary/aromatic N) is 1. The Bertz CT molecular complexity index is 294. The summed E-state index contributed by atoms with van der Waals surface area (Å²) in [5.74, 6) is 0. The van der Waals surface area contributed by atoms with Gasteiger partial charge in [0.15, 0.2) is 0 Å². The molecule has 0 aliphatic heterocycles. The van der Waals surface area contributed by atoms with Gasteiger partial charge in [0.05, 0.1) is 12.2 Å². The van der Waals surface area contributed by atoms with Gasteiger partial charge in [-0.15, -0.1) is 10.9 Å². The van der Waals surface area contributed by atoms with Crippen LogP contribution >= 0.6 is 11.3 Å². The van der Waals surface area contributed by atoms with Gasteiger partial charge in [-0.2, -0.15) is 6.07 Å². The number of aliphatic hydroxyl groups excluding tert-OH is 2. The molecule has 1 radical (unpaired) electrons. The summed E-state index contributed by atoms with van der Waals surface area (Å²) in [5, 5.41) is 22.2. The Morgan fingerprint density at radius 3 is 2.37 bits per heavy atom. The van der Waals surface area contributed by atoms with Crippen molar-refractivity contribution in [1.29, 1.82) is 0 Å². The van der Waals surface area contributed by atoms with E-state index in [0.29, 0.717) is 6.42 Å². The number of aliphatic hydroxyl groups is 2. The maximum atomic E-state index is 8.56. The fourth-order valence-electron chi connectivity index (χ4n) is 1.22. The molecule has 1 aromatic heterocycles. The molecule has 0 amide bonds. The van der Waals surface area contributed by atoms with E-state index in [0.717, 1.165) is 12.1 Å². The van der Waals surface area contributed by atoms with Gasteiger partial charge in [0.2, 0.25) is 0 Å². The van der Waals surface area contributed by atoms with E-state index in [9.17, 15) is 0 Å². The third kappa shape index (κ3) is 15.9. The van der Waals surface area contributed by atoms with Crippen LogP contribution in [0.25, 0.3) is 0 Å². The molecular weight excluding hydrogens is 438 g/mol. The Hall–Kier alpha value is -0.0606. The summed E-state index contributed by atoms with van der Waals surface area (Å²) in [7, 11) is 0. The van der Waals surface area contributed by atoms with Crippen LogP contribution in [0.3, 0.4) is 0 Å². The van der Waals surface area contributed by atoms with Crippen molar-refractivity contribution in [2.45, 2.75) is 52.2 Å². The van der Waals surface area contributed by atoms with Gasteiger partial charge < -0.3 is 15.2 Å². The minimum absolute atomic E-state index is 0. The Labute approximate surface area is 134 Å². The van der Waals surface area contributed by atoms with E-state index >= 15 is 0 Å². The summed E-state index contributed by atoms with van der Waals surface area (Å²) in [4.78, 5) is 4.25. The Balaban J connectivity index is 0. The van der Waals surface area contributed by atoms with Crippen molar-refractivity contribution in [3.05, 3.63) is 22.4 Å². The molecule has 0 spiro atoms. The van der Waals surface area contributed by atoms with Gasteiger partial charge in [0.1, 0.15) is 0 Å². The van der Waals surface area contributed by atoms with E-state index in [2.05, 4.69) is 17.3 Å². The van der Waals surface area contributed by atoms with Gasteiger partial charge in [0, 0.05) is 26.7 Å². The molecule has 3 nitrogen and oxygen atoms in total. The largest absolute Gasteiger partial charge is 0.393 e. The average Bonchev–Trinajstić information content (AvgIpc) is 2.76. The summed E-state index contributed by atoms with van der Waals surface area (Å²) in [6.45, 7) is 6.44. The van der Waals surface area contributed by atoms with Crippen molar-refractivity contribution in [3.63, 3.8) is 0 Å². The van der Waals surface area contributed by atoms with E-state index in [-0.39, 0.29) is 32.3 Å². The molecular formula is C14H24IrNO2S-. The molecule has 0 fully saturated rings. The molecule has 0 aliphatic carbocycles. The maximum absolute atomic E-state index is 8.56. The van der Waals surface area contributed by atoms with E-state index in [4.69, 9.17) is 10.2 Å². The average molecular weight is 463 g/mol. The van der Waals surface area contributed by atoms with Gasteiger partial charge in [-0.25, -0.2) is 0 Å². The smallest absolute Gasteiger partial charge is 0.0536 e. The number of hydrogen-bond donors (Lipinski definition) is 2. The van der Waals surface area contributed by atoms with Crippen LogP contribution in [-0.2, 0) is 20.1 Å². The summed E-state index contributed by atoms with van der Waals surface area (Å²) in [5.41, 5.74) is 1.10. The topological polar surface area (TPSA) is 52.8 Å². The predicted molar refractivity (Wildman–Crippen MR) is 78.5 cm³/mol. The standard InChI is InChI=1S/C9H12NS.C5H12O2.Ir/c1-2-3-5-10-7-9-4-6-11-8-9;1-4(6)3-5(2)7;/h4,6-7H,2-3,5H2,1H3;4-7H,3H2,1-2H3;/q-1;;. The second kappa shape index (κ2) is 14.4. The summed E-state index contributed by atoms with van der Waals surface area (Å²) < 4.78 is 0. The van der Waals surface area contributed by atoms with Crippen molar-refractivity contribution in [2.75, 3.05) is 6.54 Å². The SMILES string of the molecule is CC(O)CC(C)O.CCCCN=Cc1[c-]scc1.[Ir]. The molecule has 1 heterocycles. The zero-order chi connectivity index (χ0) is 13.8. The van der Waals surface area contributed by atoms with Gasteiger partial charge in [-0.3, -0.25) is 11.3 Å². The Kier molecular flexibility index (Phi) is 16.0. The van der Waals surface area contributed by atoms with Crippen LogP contribution < -0.4 is 0 Å². The first-order valence-electron chi connectivity index (χ1n) is 6.37. The maximum Gasteiger partial charge on any atom is 0.0536 e. The van der Waals surface area contributed by atoms with Crippen molar-refractivity contribution in [3.8, 4) is 0 Å². The molecule has 1 aromatic rings. The molecule has 5 heteroatoms. The fraction of sp³-hybridized carbons (Fsp3) is 0.643. The molecule has 2 N–H and O–H groups in total. The Morgan fingerprint density at radius 2 is 2.00 bits per heavy atom. The molecule has 0 bridgehead atoms. The predicted octanol–water partition coefficient (Wildman–Crippen LogP) is 2.90. The molecule has 0 saturated heterocycles. The van der Waals surface area contributed by atoms with Crippen molar-refractivity contribution in [2.24, 2.45) is 4.99 Å². The van der Waals surface area contributed by atoms with Gasteiger partial charge in [0.25, 0.3) is 0 Å². The minimum Gasteiger partial charge on any atom is -0.393 e. The molecule has 19 heavy (non-hydrogen) atoms. The molecule has 0 aromatic carbocycles. The molecule has 113 valence electrons. The first-order valence-corrected chi connectivity index (χ1v) is 7.25. The quantitative estimate of drug-likeness (QED) is 0.388. The van der Waals surface area contributed by atoms with E-state index in [1.165, 1.54) is 12.8 Å². The molecule has 2 atom stereocenters. The monoisotopic (exact) mass is 463 g/mol. The van der Waals surface area contributed by atoms with E-state index in [1.54, 1.807) is 25.2 Å². The number of rotatable bonds is 6. The first-order chi connectivity index (χ1) is 8.56. The minimum atomic E-state index is -0.375. The second-order valence-electron chi connectivity index (χ2n) is 4.30. The van der Waals surface area contributed by atoms with Crippen LogP contribution in [0.15, 0.2) is 16.4 Å². The van der Waals surface area contributed by atoms with Crippen molar-refractivity contribution < 1.29 is 30.3 Å². The molecule has 1 rings (SSSR count). The third-order valence-corrected chi connectivity index (χ3v) is 2.67. The summed E-state index contributed by atoms with van der Waals surface area (Å²) in [6.07, 6.45) is 4.01. The number of thiophene rings is 1. The van der Waals surface area contributed by atoms with E-state index in [1.807, 2.05) is 17.7 Å². The van der Waals surface area contributed by atoms with Gasteiger partial charge >= 0.3 is 0 Å². The number of unbranched alkanes of at least 4 members (excludes halogenated alkanes) is 1. The van der Waals surface area contributed by atoms with Gasteiger partial charge in [-0.05, 0) is 26.7 Å². The molecule has 0 saturated carbocycles. The van der Waals surface area contributed by atoms with Gasteiger partial charge in [-0.1, -0.05) is 24.9 Å². The van der Waals surface area contributed by atoms with Crippen LogP contribution in [0, 0.1) is 5.38 Å². The molecule has 0 aliphatic rings. The van der Waals surface area contributed by atoms with Crippen LogP contribution in [0.4, 0.5) is 0 Å². The summed E-state index contributed by atoms with van der Waals surface area (Å²) in [6, 6.07) is 2.03. The molecule has 2 unspecified atom stereocenters. The summed E-state index contributed by atoms with van der Waals surface area (Å²) >= 11 is 1.59. The fourth-order valence-corrected chi connectivity index (χ4v) is 1.76. The Morgan fingerprint density at radius 1 is 1.37 bits per heavy atom. The van der Waals surface area contributed by atoms with E-state index < -0.39 is 0 Å². The van der Waals surface area contributed by atoms with Crippen LogP contribution in [0.1, 0.15) is 45.6 Å². The first kappa shape index (κ1) is 21.2. The van der Waals surface area contributed by atoms with Crippen molar-refractivity contribution in [1.82, 2.24) is 0 Å². The van der Waals surface area contributed by atoms with Crippen LogP contribution in [0.5, 0.6) is 0 Å². The number of aliphatic imine (C=N–C) groups is 1. The number of hydrogen-bond acceptors (Lipinski definition) is 4. The normalized spacial score (nSPS) is 13.3. The second-order valence-corrected chi connectivity index (χ2v) is 5.01. The zero-order valence-electron chi connectivity index (χ0n) is 11.8. The zero-order valence-corrected chi connectivity index (χ0v) is 15.0. The van der Waals surface area contributed by atoms with Crippen LogP contribution in [-0.4, -0.2) is 35.2 Å². The third-order valence-electron chi connectivity index (χ3n) is 2.05.